The Labute approximate surface area is 193 Å². The first kappa shape index (κ1) is 26.0. The molecule has 2 rings (SSSR count). The summed E-state index contributed by atoms with van der Waals surface area (Å²) in [5.41, 5.74) is 2.38. The number of hydrogen-bond donors (Lipinski definition) is 2. The Morgan fingerprint density at radius 3 is 2.00 bits per heavy atom. The van der Waals surface area contributed by atoms with Crippen LogP contribution in [0.5, 0.6) is 0 Å². The molecular weight excluding hydrogens is 422 g/mol. The van der Waals surface area contributed by atoms with Gasteiger partial charge in [-0.1, -0.05) is 58.9 Å². The molecule has 32 heavy (non-hydrogen) atoms. The summed E-state index contributed by atoms with van der Waals surface area (Å²) in [6.07, 6.45) is 0. The maximum atomic E-state index is 12.6. The number of rotatable bonds is 9. The van der Waals surface area contributed by atoms with Crippen LogP contribution in [-0.4, -0.2) is 45.9 Å². The predicted molar refractivity (Wildman–Crippen MR) is 130 cm³/mol. The van der Waals surface area contributed by atoms with E-state index in [9.17, 15) is 13.2 Å². The van der Waals surface area contributed by atoms with Crippen molar-refractivity contribution in [3.8, 4) is 0 Å². The smallest absolute Gasteiger partial charge is 0.251 e. The maximum Gasteiger partial charge on any atom is 0.251 e. The third-order valence-electron chi connectivity index (χ3n) is 5.62. The van der Waals surface area contributed by atoms with Gasteiger partial charge in [0.25, 0.3) is 5.91 Å². The van der Waals surface area contributed by atoms with Crippen molar-refractivity contribution < 1.29 is 13.2 Å². The molecule has 0 heterocycles. The topological polar surface area (TPSA) is 78.5 Å². The molecule has 2 aromatic rings. The van der Waals surface area contributed by atoms with Gasteiger partial charge in [0.2, 0.25) is 10.0 Å². The zero-order valence-corrected chi connectivity index (χ0v) is 21.1. The van der Waals surface area contributed by atoms with Gasteiger partial charge in [0, 0.05) is 24.7 Å². The summed E-state index contributed by atoms with van der Waals surface area (Å²) in [6, 6.07) is 14.2. The SMILES string of the molecule is CC(C)C(CNC(=O)c1ccc(CNS(=O)(=O)c2ccc(C(C)(C)C)cc2)cc1)N(C)C. The van der Waals surface area contributed by atoms with E-state index < -0.39 is 10.0 Å². The Morgan fingerprint density at radius 1 is 0.969 bits per heavy atom. The monoisotopic (exact) mass is 459 g/mol. The minimum Gasteiger partial charge on any atom is -0.350 e. The highest BCUT2D eigenvalue weighted by Gasteiger charge is 2.19. The summed E-state index contributed by atoms with van der Waals surface area (Å²) >= 11 is 0. The van der Waals surface area contributed by atoms with Crippen LogP contribution >= 0.6 is 0 Å². The fourth-order valence-electron chi connectivity index (χ4n) is 3.48. The molecule has 0 saturated carbocycles. The van der Waals surface area contributed by atoms with Crippen molar-refractivity contribution in [3.05, 3.63) is 65.2 Å². The summed E-state index contributed by atoms with van der Waals surface area (Å²) in [4.78, 5) is 14.8. The minimum atomic E-state index is -3.62. The molecule has 0 fully saturated rings. The molecular formula is C25H37N3O3S. The lowest BCUT2D eigenvalue weighted by Crippen LogP contribution is -2.43. The lowest BCUT2D eigenvalue weighted by Gasteiger charge is -2.28. The molecule has 0 saturated heterocycles. The molecule has 7 heteroatoms. The first-order chi connectivity index (χ1) is 14.8. The van der Waals surface area contributed by atoms with Gasteiger partial charge in [-0.05, 0) is 60.8 Å². The second kappa shape index (κ2) is 10.6. The molecule has 0 aliphatic heterocycles. The average Bonchev–Trinajstić information content (AvgIpc) is 2.71. The quantitative estimate of drug-likeness (QED) is 0.598. The number of amides is 1. The van der Waals surface area contributed by atoms with Crippen molar-refractivity contribution in [1.29, 1.82) is 0 Å². The number of likely N-dealkylation sites (N-methyl/N-ethyl adjacent to an activating group) is 1. The predicted octanol–water partition coefficient (Wildman–Crippen LogP) is 3.78. The molecule has 0 aromatic heterocycles. The minimum absolute atomic E-state index is 0.0358. The van der Waals surface area contributed by atoms with E-state index in [1.54, 1.807) is 36.4 Å². The van der Waals surface area contributed by atoms with Crippen LogP contribution in [0.25, 0.3) is 0 Å². The standard InChI is InChI=1S/C25H37N3O3S/c1-18(2)23(28(6)7)17-26-24(29)20-10-8-19(9-11-20)16-27-32(30,31)22-14-12-21(13-15-22)25(3,4)5/h8-15,18,23,27H,16-17H2,1-7H3,(H,26,29). The second-order valence-electron chi connectivity index (χ2n) is 9.78. The van der Waals surface area contributed by atoms with E-state index in [-0.39, 0.29) is 28.8 Å². The highest BCUT2D eigenvalue weighted by molar-refractivity contribution is 7.89. The Morgan fingerprint density at radius 2 is 1.53 bits per heavy atom. The molecule has 2 aromatic carbocycles. The summed E-state index contributed by atoms with van der Waals surface area (Å²) in [6.45, 7) is 11.2. The molecule has 0 aliphatic carbocycles. The molecule has 0 spiro atoms. The van der Waals surface area contributed by atoms with E-state index in [1.165, 1.54) is 0 Å². The molecule has 6 nitrogen and oxygen atoms in total. The Kier molecular flexibility index (Phi) is 8.62. The van der Waals surface area contributed by atoms with Crippen LogP contribution in [0.15, 0.2) is 53.4 Å². The van der Waals surface area contributed by atoms with Crippen molar-refractivity contribution in [1.82, 2.24) is 14.9 Å². The van der Waals surface area contributed by atoms with Gasteiger partial charge in [0.05, 0.1) is 4.90 Å². The van der Waals surface area contributed by atoms with E-state index >= 15 is 0 Å². The van der Waals surface area contributed by atoms with Gasteiger partial charge in [-0.25, -0.2) is 13.1 Å². The largest absolute Gasteiger partial charge is 0.350 e. The highest BCUT2D eigenvalue weighted by Crippen LogP contribution is 2.23. The summed E-state index contributed by atoms with van der Waals surface area (Å²) in [7, 11) is 0.396. The number of carbonyl (C=O) groups is 1. The van der Waals surface area contributed by atoms with E-state index in [4.69, 9.17) is 0 Å². The fourth-order valence-corrected chi connectivity index (χ4v) is 4.50. The molecule has 0 bridgehead atoms. The number of nitrogens with zero attached hydrogens (tertiary/aromatic N) is 1. The number of carbonyl (C=O) groups excluding carboxylic acids is 1. The van der Waals surface area contributed by atoms with Crippen molar-refractivity contribution in [2.45, 2.75) is 57.5 Å². The van der Waals surface area contributed by atoms with Gasteiger partial charge >= 0.3 is 0 Å². The lowest BCUT2D eigenvalue weighted by molar-refractivity contribution is 0.0934. The highest BCUT2D eigenvalue weighted by atomic mass is 32.2. The van der Waals surface area contributed by atoms with Gasteiger partial charge < -0.3 is 10.2 Å². The third-order valence-corrected chi connectivity index (χ3v) is 7.03. The average molecular weight is 460 g/mol. The summed E-state index contributed by atoms with van der Waals surface area (Å²) < 4.78 is 27.9. The van der Waals surface area contributed by atoms with Crippen molar-refractivity contribution >= 4 is 15.9 Å². The van der Waals surface area contributed by atoms with Gasteiger partial charge in [0.15, 0.2) is 0 Å². The number of sulfonamides is 1. The first-order valence-corrected chi connectivity index (χ1v) is 12.4. The Balaban J connectivity index is 1.96. The van der Waals surface area contributed by atoms with E-state index in [0.717, 1.165) is 11.1 Å². The zero-order chi connectivity index (χ0) is 24.1. The van der Waals surface area contributed by atoms with Crippen LogP contribution < -0.4 is 10.0 Å². The number of hydrogen-bond acceptors (Lipinski definition) is 4. The fraction of sp³-hybridized carbons (Fsp3) is 0.480. The van der Waals surface area contributed by atoms with Crippen molar-refractivity contribution in [2.24, 2.45) is 5.92 Å². The van der Waals surface area contributed by atoms with Crippen molar-refractivity contribution in [3.63, 3.8) is 0 Å². The molecule has 176 valence electrons. The normalized spacial score (nSPS) is 13.4. The van der Waals surface area contributed by atoms with Crippen LogP contribution in [0.3, 0.4) is 0 Å². The Hall–Kier alpha value is -2.22. The number of benzene rings is 2. The summed E-state index contributed by atoms with van der Waals surface area (Å²) in [5, 5.41) is 2.98. The second-order valence-corrected chi connectivity index (χ2v) is 11.5. The van der Waals surface area contributed by atoms with Gasteiger partial charge in [0.1, 0.15) is 0 Å². The maximum absolute atomic E-state index is 12.6. The third kappa shape index (κ3) is 7.15. The van der Waals surface area contributed by atoms with Crippen LogP contribution in [0.1, 0.15) is 56.1 Å². The van der Waals surface area contributed by atoms with E-state index in [2.05, 4.69) is 49.6 Å². The molecule has 1 unspecified atom stereocenters. The molecule has 2 N–H and O–H groups in total. The molecule has 1 amide bonds. The van der Waals surface area contributed by atoms with E-state index in [0.29, 0.717) is 18.0 Å². The Bertz CT molecular complexity index is 982. The lowest BCUT2D eigenvalue weighted by atomic mass is 9.87. The van der Waals surface area contributed by atoms with Crippen molar-refractivity contribution in [2.75, 3.05) is 20.6 Å². The zero-order valence-electron chi connectivity index (χ0n) is 20.3. The first-order valence-electron chi connectivity index (χ1n) is 10.9. The van der Waals surface area contributed by atoms with Gasteiger partial charge in [-0.2, -0.15) is 0 Å². The van der Waals surface area contributed by atoms with Gasteiger partial charge in [-0.15, -0.1) is 0 Å². The van der Waals surface area contributed by atoms with Crippen LogP contribution in [0, 0.1) is 5.92 Å². The van der Waals surface area contributed by atoms with Crippen LogP contribution in [0.4, 0.5) is 0 Å². The van der Waals surface area contributed by atoms with Gasteiger partial charge in [-0.3, -0.25) is 4.79 Å². The molecule has 0 radical (unpaired) electrons. The number of nitrogens with one attached hydrogen (secondary N) is 2. The molecule has 0 aliphatic rings. The van der Waals surface area contributed by atoms with Crippen LogP contribution in [0.2, 0.25) is 0 Å². The van der Waals surface area contributed by atoms with Crippen LogP contribution in [-0.2, 0) is 22.0 Å². The van der Waals surface area contributed by atoms with E-state index in [1.807, 2.05) is 26.2 Å². The summed E-state index contributed by atoms with van der Waals surface area (Å²) in [5.74, 6) is 0.286. The molecule has 1 atom stereocenters.